The van der Waals surface area contributed by atoms with Gasteiger partial charge in [0.15, 0.2) is 22.9 Å². The lowest BCUT2D eigenvalue weighted by molar-refractivity contribution is -0.140. The van der Waals surface area contributed by atoms with Crippen molar-refractivity contribution in [2.45, 2.75) is 96.4 Å². The molecule has 0 unspecified atom stereocenters. The third kappa shape index (κ3) is 7.90. The number of carbonyl (C=O) groups is 1. The van der Waals surface area contributed by atoms with E-state index in [-0.39, 0.29) is 23.0 Å². The highest BCUT2D eigenvalue weighted by Crippen LogP contribution is 2.39. The molecule has 156 valence electrons. The maximum Gasteiger partial charge on any atom is 0.192 e. The minimum absolute atomic E-state index is 0.0558. The second kappa shape index (κ2) is 9.93. The van der Waals surface area contributed by atoms with Crippen molar-refractivity contribution in [3.05, 3.63) is 0 Å². The Balaban J connectivity index is 5.19. The summed E-state index contributed by atoms with van der Waals surface area (Å²) >= 11 is 0. The standard InChI is InChI=1S/C19H42O5Si2/c1-18(2,3)25(8,9)23-13-12-16(17(14-20)22-15-21-7)24-26(10,11)19(4,5)6/h14,16-17H,12-13,15H2,1-11H3/t16-,17-/m0/s1. The fraction of sp³-hybridized carbons (Fsp3) is 0.947. The van der Waals surface area contributed by atoms with Crippen molar-refractivity contribution in [3.8, 4) is 0 Å². The molecule has 0 fully saturated rings. The molecule has 0 spiro atoms. The lowest BCUT2D eigenvalue weighted by atomic mass is 10.1. The van der Waals surface area contributed by atoms with Crippen molar-refractivity contribution in [2.24, 2.45) is 0 Å². The van der Waals surface area contributed by atoms with Gasteiger partial charge < -0.3 is 23.1 Å². The van der Waals surface area contributed by atoms with E-state index in [1.165, 1.54) is 0 Å². The Morgan fingerprint density at radius 1 is 0.923 bits per heavy atom. The van der Waals surface area contributed by atoms with Gasteiger partial charge in [-0.05, 0) is 42.7 Å². The van der Waals surface area contributed by atoms with Gasteiger partial charge in [-0.1, -0.05) is 41.5 Å². The van der Waals surface area contributed by atoms with Gasteiger partial charge in [-0.3, -0.25) is 0 Å². The lowest BCUT2D eigenvalue weighted by Gasteiger charge is -2.41. The van der Waals surface area contributed by atoms with Gasteiger partial charge in [0.1, 0.15) is 12.9 Å². The molecule has 0 saturated carbocycles. The van der Waals surface area contributed by atoms with Gasteiger partial charge in [0.2, 0.25) is 0 Å². The topological polar surface area (TPSA) is 54.0 Å². The smallest absolute Gasteiger partial charge is 0.192 e. The molecule has 0 rings (SSSR count). The molecule has 0 bridgehead atoms. The van der Waals surface area contributed by atoms with Crippen LogP contribution in [0, 0.1) is 0 Å². The number of hydrogen-bond acceptors (Lipinski definition) is 5. The zero-order valence-corrected chi connectivity index (χ0v) is 20.9. The van der Waals surface area contributed by atoms with Crippen molar-refractivity contribution in [3.63, 3.8) is 0 Å². The van der Waals surface area contributed by atoms with Crippen LogP contribution in [0.4, 0.5) is 0 Å². The molecular formula is C19H42O5Si2. The maximum absolute atomic E-state index is 11.6. The van der Waals surface area contributed by atoms with Crippen LogP contribution in [0.3, 0.4) is 0 Å². The van der Waals surface area contributed by atoms with E-state index < -0.39 is 22.7 Å². The molecule has 0 radical (unpaired) electrons. The molecule has 0 saturated heterocycles. The summed E-state index contributed by atoms with van der Waals surface area (Å²) in [5.41, 5.74) is 0. The molecule has 0 aromatic heterocycles. The minimum atomic E-state index is -2.04. The Kier molecular flexibility index (Phi) is 9.91. The first-order chi connectivity index (χ1) is 11.6. The summed E-state index contributed by atoms with van der Waals surface area (Å²) in [5, 5.41) is 0.208. The number of rotatable bonds is 11. The minimum Gasteiger partial charge on any atom is -0.417 e. The van der Waals surface area contributed by atoms with Gasteiger partial charge in [-0.2, -0.15) is 0 Å². The number of hydrogen-bond donors (Lipinski definition) is 0. The molecule has 0 N–H and O–H groups in total. The Morgan fingerprint density at radius 2 is 1.42 bits per heavy atom. The highest BCUT2D eigenvalue weighted by Gasteiger charge is 2.42. The fourth-order valence-corrected chi connectivity index (χ4v) is 4.30. The van der Waals surface area contributed by atoms with E-state index in [0.29, 0.717) is 13.0 Å². The molecule has 26 heavy (non-hydrogen) atoms. The predicted molar refractivity (Wildman–Crippen MR) is 113 cm³/mol. The summed E-state index contributed by atoms with van der Waals surface area (Å²) < 4.78 is 23.4. The number of methoxy groups -OCH3 is 1. The second-order valence-electron chi connectivity index (χ2n) is 9.99. The zero-order chi connectivity index (χ0) is 20.8. The molecule has 2 atom stereocenters. The number of aldehydes is 1. The first kappa shape index (κ1) is 25.9. The van der Waals surface area contributed by atoms with Crippen LogP contribution < -0.4 is 0 Å². The monoisotopic (exact) mass is 406 g/mol. The van der Waals surface area contributed by atoms with Gasteiger partial charge >= 0.3 is 0 Å². The average molecular weight is 407 g/mol. The molecule has 0 aliphatic rings. The van der Waals surface area contributed by atoms with Gasteiger partial charge in [0.25, 0.3) is 0 Å². The van der Waals surface area contributed by atoms with Gasteiger partial charge in [-0.15, -0.1) is 0 Å². The van der Waals surface area contributed by atoms with E-state index in [9.17, 15) is 4.79 Å². The summed E-state index contributed by atoms with van der Waals surface area (Å²) in [5.74, 6) is 0. The molecule has 0 heterocycles. The van der Waals surface area contributed by atoms with E-state index in [1.54, 1.807) is 7.11 Å². The first-order valence-corrected chi connectivity index (χ1v) is 15.3. The lowest BCUT2D eigenvalue weighted by Crippen LogP contribution is -2.49. The fourth-order valence-electron chi connectivity index (χ4n) is 1.87. The summed E-state index contributed by atoms with van der Waals surface area (Å²) in [6, 6.07) is 0. The van der Waals surface area contributed by atoms with Crippen LogP contribution in [0.15, 0.2) is 0 Å². The van der Waals surface area contributed by atoms with E-state index >= 15 is 0 Å². The van der Waals surface area contributed by atoms with Crippen LogP contribution in [0.25, 0.3) is 0 Å². The molecule has 0 aromatic rings. The average Bonchev–Trinajstić information content (AvgIpc) is 2.44. The highest BCUT2D eigenvalue weighted by atomic mass is 28.4. The van der Waals surface area contributed by atoms with E-state index in [0.717, 1.165) is 6.29 Å². The van der Waals surface area contributed by atoms with Crippen molar-refractivity contribution in [1.29, 1.82) is 0 Å². The molecule has 5 nitrogen and oxygen atoms in total. The second-order valence-corrected chi connectivity index (χ2v) is 19.6. The Hall–Kier alpha value is -0.0562. The summed E-state index contributed by atoms with van der Waals surface area (Å²) in [4.78, 5) is 11.6. The molecule has 0 aliphatic heterocycles. The van der Waals surface area contributed by atoms with Crippen LogP contribution in [0.1, 0.15) is 48.0 Å². The molecule has 0 aromatic carbocycles. The Labute approximate surface area is 163 Å². The molecule has 0 amide bonds. The summed E-state index contributed by atoms with van der Waals surface area (Å²) in [6.07, 6.45) is 0.482. The largest absolute Gasteiger partial charge is 0.417 e. The van der Waals surface area contributed by atoms with E-state index in [4.69, 9.17) is 18.3 Å². The quantitative estimate of drug-likeness (QED) is 0.275. The van der Waals surface area contributed by atoms with Crippen LogP contribution in [0.2, 0.25) is 36.3 Å². The van der Waals surface area contributed by atoms with Gasteiger partial charge in [0.05, 0.1) is 6.10 Å². The molecule has 7 heteroatoms. The summed E-state index contributed by atoms with van der Waals surface area (Å²) in [7, 11) is -2.33. The normalized spacial score (nSPS) is 16.4. The van der Waals surface area contributed by atoms with Crippen LogP contribution in [0.5, 0.6) is 0 Å². The van der Waals surface area contributed by atoms with Gasteiger partial charge in [0, 0.05) is 13.7 Å². The van der Waals surface area contributed by atoms with E-state index in [2.05, 4.69) is 67.7 Å². The van der Waals surface area contributed by atoms with Crippen molar-refractivity contribution in [2.75, 3.05) is 20.5 Å². The number of carbonyl (C=O) groups excluding carboxylic acids is 1. The maximum atomic E-state index is 11.6. The van der Waals surface area contributed by atoms with Crippen molar-refractivity contribution >= 4 is 22.9 Å². The zero-order valence-electron chi connectivity index (χ0n) is 18.9. The Bertz CT molecular complexity index is 425. The third-order valence-corrected chi connectivity index (χ3v) is 14.8. The SMILES string of the molecule is COCO[C@@H](C=O)[C@H](CCO[Si](C)(C)C(C)(C)C)O[Si](C)(C)C(C)(C)C. The highest BCUT2D eigenvalue weighted by molar-refractivity contribution is 6.74. The van der Waals surface area contributed by atoms with Crippen LogP contribution >= 0.6 is 0 Å². The molecule has 0 aliphatic carbocycles. The Morgan fingerprint density at radius 3 is 1.81 bits per heavy atom. The summed E-state index contributed by atoms with van der Waals surface area (Å²) in [6.45, 7) is 22.7. The van der Waals surface area contributed by atoms with Gasteiger partial charge in [-0.25, -0.2) is 0 Å². The molecular weight excluding hydrogens is 364 g/mol. The van der Waals surface area contributed by atoms with Crippen LogP contribution in [-0.4, -0.2) is 55.6 Å². The predicted octanol–water partition coefficient (Wildman–Crippen LogP) is 4.98. The van der Waals surface area contributed by atoms with Crippen molar-refractivity contribution < 1.29 is 23.1 Å². The number of ether oxygens (including phenoxy) is 2. The van der Waals surface area contributed by atoms with Crippen molar-refractivity contribution in [1.82, 2.24) is 0 Å². The van der Waals surface area contributed by atoms with Crippen LogP contribution in [-0.2, 0) is 23.1 Å². The van der Waals surface area contributed by atoms with E-state index in [1.807, 2.05) is 0 Å². The first-order valence-electron chi connectivity index (χ1n) is 9.46. The third-order valence-electron chi connectivity index (χ3n) is 5.80.